The van der Waals surface area contributed by atoms with Gasteiger partial charge in [0.25, 0.3) is 6.71 Å². The average Bonchev–Trinajstić information content (AvgIpc) is 3.65. The molecule has 0 bridgehead atoms. The van der Waals surface area contributed by atoms with Gasteiger partial charge >= 0.3 is 0 Å². The van der Waals surface area contributed by atoms with Gasteiger partial charge in [-0.15, -0.1) is 0 Å². The first kappa shape index (κ1) is 43.6. The summed E-state index contributed by atoms with van der Waals surface area (Å²) in [6.45, 7) is 41.1. The van der Waals surface area contributed by atoms with E-state index in [0.29, 0.717) is 0 Å². The molecule has 1 unspecified atom stereocenters. The monoisotopic (exact) mass is 873 g/mol. The molecule has 2 aliphatic carbocycles. The summed E-state index contributed by atoms with van der Waals surface area (Å²) in [6.07, 6.45) is 4.46. The second kappa shape index (κ2) is 13.4. The molecular formula is C62H73BN2O. The fourth-order valence-corrected chi connectivity index (χ4v) is 13.1. The Labute approximate surface area is 397 Å². The van der Waals surface area contributed by atoms with Crippen LogP contribution >= 0.6 is 0 Å². The number of furan rings is 1. The van der Waals surface area contributed by atoms with Crippen molar-refractivity contribution in [2.24, 2.45) is 0 Å². The van der Waals surface area contributed by atoms with E-state index in [9.17, 15) is 0 Å². The Bertz CT molecular complexity index is 3050. The van der Waals surface area contributed by atoms with E-state index in [0.717, 1.165) is 31.3 Å². The summed E-state index contributed by atoms with van der Waals surface area (Å²) < 4.78 is 7.86. The molecule has 0 saturated heterocycles. The number of nitrogens with zero attached hydrogens (tertiary/aromatic N) is 2. The van der Waals surface area contributed by atoms with E-state index in [4.69, 9.17) is 4.42 Å². The minimum absolute atomic E-state index is 0.0284. The van der Waals surface area contributed by atoms with Crippen LogP contribution in [0.5, 0.6) is 0 Å². The van der Waals surface area contributed by atoms with E-state index in [1.54, 1.807) is 0 Å². The summed E-state index contributed by atoms with van der Waals surface area (Å²) in [5.41, 5.74) is 25.0. The Hall–Kier alpha value is -4.96. The summed E-state index contributed by atoms with van der Waals surface area (Å²) in [6, 6.07) is 33.9. The van der Waals surface area contributed by atoms with E-state index in [2.05, 4.69) is 212 Å². The van der Waals surface area contributed by atoms with Crippen LogP contribution in [0.25, 0.3) is 11.1 Å². The summed E-state index contributed by atoms with van der Waals surface area (Å²) >= 11 is 0. The molecule has 11 rings (SSSR count). The van der Waals surface area contributed by atoms with Crippen LogP contribution in [0.15, 0.2) is 89.3 Å². The first-order valence-corrected chi connectivity index (χ1v) is 25.1. The lowest BCUT2D eigenvalue weighted by atomic mass is 9.34. The van der Waals surface area contributed by atoms with E-state index in [1.165, 1.54) is 106 Å². The number of anilines is 6. The van der Waals surface area contributed by atoms with Crippen LogP contribution in [0.4, 0.5) is 34.1 Å². The lowest BCUT2D eigenvalue weighted by molar-refractivity contribution is 0.282. The second-order valence-corrected chi connectivity index (χ2v) is 26.5. The maximum absolute atomic E-state index is 7.86. The first-order chi connectivity index (χ1) is 30.6. The third kappa shape index (κ3) is 5.94. The van der Waals surface area contributed by atoms with Gasteiger partial charge in [0.2, 0.25) is 0 Å². The van der Waals surface area contributed by atoms with Crippen LogP contribution in [-0.4, -0.2) is 6.71 Å². The molecular weight excluding hydrogens is 800 g/mol. The predicted molar refractivity (Wildman–Crippen MR) is 283 cm³/mol. The largest absolute Gasteiger partial charge is 0.472 e. The van der Waals surface area contributed by atoms with E-state index in [-0.39, 0.29) is 44.6 Å². The van der Waals surface area contributed by atoms with Crippen molar-refractivity contribution >= 4 is 57.4 Å². The second-order valence-electron chi connectivity index (χ2n) is 26.5. The summed E-state index contributed by atoms with van der Waals surface area (Å²) in [4.78, 5) is 5.46. The predicted octanol–water partition coefficient (Wildman–Crippen LogP) is 15.3. The minimum Gasteiger partial charge on any atom is -0.472 e. The van der Waals surface area contributed by atoms with Gasteiger partial charge in [-0.25, -0.2) is 0 Å². The van der Waals surface area contributed by atoms with Crippen molar-refractivity contribution in [1.82, 2.24) is 0 Å². The number of benzene rings is 5. The normalized spacial score (nSPS) is 20.6. The van der Waals surface area contributed by atoms with Gasteiger partial charge in [0.15, 0.2) is 0 Å². The van der Waals surface area contributed by atoms with Crippen molar-refractivity contribution in [3.8, 4) is 11.1 Å². The number of aryl methyl sites for hydroxylation is 1. The van der Waals surface area contributed by atoms with Gasteiger partial charge in [-0.1, -0.05) is 171 Å². The SMILES string of the molecule is Cc1cc2c3c(c1)N1c4ccc(C(C)(C)C)cc4C4(C)CCC(C)(C)c5ccc(c1c54)B3c1oc3c(c1N2c1cc(C(C)(C)C)cc(C(C)(C)C)c1-c1ccccc1)C(C)(C)CCC3(C)C. The molecule has 66 heavy (non-hydrogen) atoms. The van der Waals surface area contributed by atoms with E-state index in [1.807, 2.05) is 0 Å². The van der Waals surface area contributed by atoms with E-state index < -0.39 is 0 Å². The minimum atomic E-state index is -0.134. The third-order valence-corrected chi connectivity index (χ3v) is 17.2. The van der Waals surface area contributed by atoms with Crippen molar-refractivity contribution in [3.05, 3.63) is 135 Å². The van der Waals surface area contributed by atoms with Crippen LogP contribution in [0, 0.1) is 6.92 Å². The van der Waals surface area contributed by atoms with Gasteiger partial charge in [0.05, 0.1) is 22.7 Å². The van der Waals surface area contributed by atoms with Gasteiger partial charge in [-0.3, -0.25) is 0 Å². The van der Waals surface area contributed by atoms with Gasteiger partial charge in [0, 0.05) is 39.0 Å². The lowest BCUT2D eigenvalue weighted by Crippen LogP contribution is -2.62. The van der Waals surface area contributed by atoms with Crippen LogP contribution in [-0.2, 0) is 37.9 Å². The molecule has 6 aromatic rings. The number of hydrogen-bond acceptors (Lipinski definition) is 3. The van der Waals surface area contributed by atoms with Crippen molar-refractivity contribution in [2.45, 2.75) is 181 Å². The zero-order valence-corrected chi connectivity index (χ0v) is 43.3. The Morgan fingerprint density at radius 3 is 1.79 bits per heavy atom. The fraction of sp³-hybridized carbons (Fsp3) is 0.452. The maximum atomic E-state index is 7.86. The summed E-state index contributed by atoms with van der Waals surface area (Å²) in [7, 11) is 0. The third-order valence-electron chi connectivity index (χ3n) is 17.2. The van der Waals surface area contributed by atoms with Crippen molar-refractivity contribution < 1.29 is 4.42 Å². The molecule has 5 aromatic carbocycles. The maximum Gasteiger partial charge on any atom is 0.297 e. The molecule has 4 heterocycles. The molecule has 0 amide bonds. The van der Waals surface area contributed by atoms with Crippen molar-refractivity contribution in [1.29, 1.82) is 0 Å². The molecule has 1 aromatic heterocycles. The highest BCUT2D eigenvalue weighted by Crippen LogP contribution is 2.62. The highest BCUT2D eigenvalue weighted by atomic mass is 16.3. The Morgan fingerprint density at radius 1 is 0.530 bits per heavy atom. The molecule has 3 nitrogen and oxygen atoms in total. The molecule has 5 aliphatic rings. The highest BCUT2D eigenvalue weighted by Gasteiger charge is 2.56. The topological polar surface area (TPSA) is 19.6 Å². The van der Waals surface area contributed by atoms with Crippen LogP contribution in [0.1, 0.15) is 187 Å². The lowest BCUT2D eigenvalue weighted by Gasteiger charge is -2.54. The molecule has 340 valence electrons. The standard InChI is InChI=1S/C62H73BN2O/c1-36-31-46-51-47(32-36)65(45-35-39(57(5,6)7)34-42(58(8,9)10)48(45)37-21-19-18-20-22-37)53-50-54(61(15,16)28-27-60(50,13)14)66-55(53)63(51)43-25-24-40-49-52(43)64(46)44-26-23-38(56(2,3)4)33-41(44)62(49,17)30-29-59(40,11)12/h18-26,31-35H,27-30H2,1-17H3. The molecule has 0 N–H and O–H groups in total. The Morgan fingerprint density at radius 2 is 1.15 bits per heavy atom. The molecule has 4 heteroatoms. The van der Waals surface area contributed by atoms with E-state index >= 15 is 0 Å². The number of hydrogen-bond donors (Lipinski definition) is 0. The van der Waals surface area contributed by atoms with Gasteiger partial charge < -0.3 is 14.2 Å². The van der Waals surface area contributed by atoms with Crippen LogP contribution in [0.2, 0.25) is 0 Å². The molecule has 0 fully saturated rings. The Kier molecular flexibility index (Phi) is 8.85. The summed E-state index contributed by atoms with van der Waals surface area (Å²) in [5, 5.41) is 0. The van der Waals surface area contributed by atoms with Crippen molar-refractivity contribution in [3.63, 3.8) is 0 Å². The van der Waals surface area contributed by atoms with Crippen molar-refractivity contribution in [2.75, 3.05) is 9.80 Å². The zero-order chi connectivity index (χ0) is 47.2. The first-order valence-electron chi connectivity index (χ1n) is 25.1. The molecule has 0 saturated carbocycles. The van der Waals surface area contributed by atoms with Gasteiger partial charge in [0.1, 0.15) is 5.76 Å². The number of rotatable bonds is 2. The van der Waals surface area contributed by atoms with Crippen LogP contribution in [0.3, 0.4) is 0 Å². The zero-order valence-electron chi connectivity index (χ0n) is 43.3. The highest BCUT2D eigenvalue weighted by molar-refractivity contribution is 6.99. The molecule has 1 atom stereocenters. The van der Waals surface area contributed by atoms with Crippen LogP contribution < -0.4 is 26.4 Å². The Balaban J connectivity index is 1.34. The van der Waals surface area contributed by atoms with Gasteiger partial charge in [-0.05, 0) is 139 Å². The fourth-order valence-electron chi connectivity index (χ4n) is 13.1. The molecule has 0 radical (unpaired) electrons. The van der Waals surface area contributed by atoms with Gasteiger partial charge in [-0.2, -0.15) is 0 Å². The quantitative estimate of drug-likeness (QED) is 0.161. The molecule has 0 spiro atoms. The molecule has 3 aliphatic heterocycles. The number of fused-ring (bicyclic) bond motifs is 9. The average molecular weight is 873 g/mol. The smallest absolute Gasteiger partial charge is 0.297 e. The summed E-state index contributed by atoms with van der Waals surface area (Å²) in [5.74, 6) is 1.17.